The van der Waals surface area contributed by atoms with Crippen LogP contribution in [0.15, 0.2) is 6.07 Å². The van der Waals surface area contributed by atoms with Gasteiger partial charge >= 0.3 is 6.18 Å². The lowest BCUT2D eigenvalue weighted by Gasteiger charge is -2.36. The summed E-state index contributed by atoms with van der Waals surface area (Å²) in [6, 6.07) is 0.850. The van der Waals surface area contributed by atoms with Crippen molar-refractivity contribution in [3.05, 3.63) is 11.8 Å². The second-order valence-corrected chi connectivity index (χ2v) is 4.62. The van der Waals surface area contributed by atoms with Crippen molar-refractivity contribution in [2.24, 2.45) is 0 Å². The number of rotatable bonds is 2. The predicted octanol–water partition coefficient (Wildman–Crippen LogP) is 0.664. The molecule has 0 aromatic carbocycles. The van der Waals surface area contributed by atoms with E-state index in [-0.39, 0.29) is 25.1 Å². The fraction of sp³-hybridized carbons (Fsp3) is 0.636. The maximum atomic E-state index is 12.7. The second kappa shape index (κ2) is 5.41. The van der Waals surface area contributed by atoms with Gasteiger partial charge in [-0.25, -0.2) is 4.98 Å². The van der Waals surface area contributed by atoms with Gasteiger partial charge in [-0.05, 0) is 6.92 Å². The van der Waals surface area contributed by atoms with Crippen LogP contribution in [0.5, 0.6) is 0 Å². The summed E-state index contributed by atoms with van der Waals surface area (Å²) in [4.78, 5) is 8.62. The highest BCUT2D eigenvalue weighted by molar-refractivity contribution is 5.44. The molecule has 1 saturated heterocycles. The largest absolute Gasteiger partial charge is 0.433 e. The van der Waals surface area contributed by atoms with E-state index < -0.39 is 23.9 Å². The SMILES string of the molecule is CC1CN(c2cc(C(F)(F)F)nc(N)n2)CC(CO)O1. The Bertz CT molecular complexity index is 483. The van der Waals surface area contributed by atoms with Gasteiger partial charge in [-0.2, -0.15) is 18.2 Å². The molecule has 6 nitrogen and oxygen atoms in total. The highest BCUT2D eigenvalue weighted by Gasteiger charge is 2.35. The summed E-state index contributed by atoms with van der Waals surface area (Å²) in [6.45, 7) is 2.16. The maximum absolute atomic E-state index is 12.7. The Balaban J connectivity index is 2.30. The zero-order valence-electron chi connectivity index (χ0n) is 10.8. The lowest BCUT2D eigenvalue weighted by Crippen LogP contribution is -2.48. The maximum Gasteiger partial charge on any atom is 0.433 e. The average Bonchev–Trinajstić information content (AvgIpc) is 2.36. The van der Waals surface area contributed by atoms with Crippen LogP contribution >= 0.6 is 0 Å². The first-order chi connectivity index (χ1) is 9.29. The zero-order valence-corrected chi connectivity index (χ0v) is 10.8. The molecular formula is C11H15F3N4O2. The molecule has 0 bridgehead atoms. The highest BCUT2D eigenvalue weighted by atomic mass is 19.4. The van der Waals surface area contributed by atoms with Crippen LogP contribution < -0.4 is 10.6 Å². The first-order valence-electron chi connectivity index (χ1n) is 6.02. The van der Waals surface area contributed by atoms with E-state index in [4.69, 9.17) is 15.6 Å². The Morgan fingerprint density at radius 2 is 2.15 bits per heavy atom. The Hall–Kier alpha value is -1.61. The van der Waals surface area contributed by atoms with Gasteiger partial charge in [0, 0.05) is 19.2 Å². The van der Waals surface area contributed by atoms with Gasteiger partial charge in [0.15, 0.2) is 5.69 Å². The van der Waals surface area contributed by atoms with E-state index in [9.17, 15) is 13.2 Å². The molecular weight excluding hydrogens is 277 g/mol. The van der Waals surface area contributed by atoms with Crippen LogP contribution in [-0.4, -0.2) is 47.0 Å². The third-order valence-corrected chi connectivity index (χ3v) is 2.87. The van der Waals surface area contributed by atoms with E-state index in [1.165, 1.54) is 0 Å². The molecule has 2 heterocycles. The number of aromatic nitrogens is 2. The molecule has 3 N–H and O–H groups in total. The number of nitrogen functional groups attached to an aromatic ring is 1. The normalized spacial score (nSPS) is 23.9. The zero-order chi connectivity index (χ0) is 14.9. The van der Waals surface area contributed by atoms with Crippen molar-refractivity contribution in [1.29, 1.82) is 0 Å². The minimum Gasteiger partial charge on any atom is -0.394 e. The van der Waals surface area contributed by atoms with Crippen LogP contribution in [0.3, 0.4) is 0 Å². The van der Waals surface area contributed by atoms with E-state index in [0.29, 0.717) is 6.54 Å². The quantitative estimate of drug-likeness (QED) is 0.833. The average molecular weight is 292 g/mol. The summed E-state index contributed by atoms with van der Waals surface area (Å²) >= 11 is 0. The van der Waals surface area contributed by atoms with Crippen molar-refractivity contribution in [1.82, 2.24) is 9.97 Å². The molecule has 1 fully saturated rings. The van der Waals surface area contributed by atoms with E-state index in [0.717, 1.165) is 6.07 Å². The highest BCUT2D eigenvalue weighted by Crippen LogP contribution is 2.30. The molecule has 1 aromatic rings. The molecule has 0 aliphatic carbocycles. The minimum absolute atomic E-state index is 0.0819. The van der Waals surface area contributed by atoms with Crippen LogP contribution in [0.2, 0.25) is 0 Å². The fourth-order valence-corrected chi connectivity index (χ4v) is 2.09. The number of aliphatic hydroxyl groups is 1. The molecule has 0 amide bonds. The van der Waals surface area contributed by atoms with E-state index >= 15 is 0 Å². The first kappa shape index (κ1) is 14.8. The van der Waals surface area contributed by atoms with Crippen LogP contribution in [0.25, 0.3) is 0 Å². The number of ether oxygens (including phenoxy) is 1. The molecule has 0 radical (unpaired) electrons. The Labute approximate surface area is 113 Å². The summed E-state index contributed by atoms with van der Waals surface area (Å²) in [5.41, 5.74) is 4.25. The molecule has 2 unspecified atom stereocenters. The number of nitrogens with zero attached hydrogens (tertiary/aromatic N) is 3. The van der Waals surface area contributed by atoms with Gasteiger partial charge < -0.3 is 20.5 Å². The molecule has 1 aliphatic heterocycles. The molecule has 20 heavy (non-hydrogen) atoms. The third kappa shape index (κ3) is 3.28. The summed E-state index contributed by atoms with van der Waals surface area (Å²) in [7, 11) is 0. The van der Waals surface area contributed by atoms with Crippen molar-refractivity contribution < 1.29 is 23.0 Å². The lowest BCUT2D eigenvalue weighted by molar-refractivity contribution is -0.141. The van der Waals surface area contributed by atoms with Gasteiger partial charge in [0.2, 0.25) is 5.95 Å². The fourth-order valence-electron chi connectivity index (χ4n) is 2.09. The summed E-state index contributed by atoms with van der Waals surface area (Å²) in [5, 5.41) is 9.12. The monoisotopic (exact) mass is 292 g/mol. The first-order valence-corrected chi connectivity index (χ1v) is 6.02. The van der Waals surface area contributed by atoms with Crippen molar-refractivity contribution >= 4 is 11.8 Å². The van der Waals surface area contributed by atoms with Gasteiger partial charge in [0.25, 0.3) is 0 Å². The van der Waals surface area contributed by atoms with E-state index in [2.05, 4.69) is 9.97 Å². The molecule has 1 aromatic heterocycles. The van der Waals surface area contributed by atoms with Gasteiger partial charge in [-0.3, -0.25) is 0 Å². The number of alkyl halides is 3. The Morgan fingerprint density at radius 3 is 2.75 bits per heavy atom. The van der Waals surface area contributed by atoms with Crippen molar-refractivity contribution in [2.45, 2.75) is 25.3 Å². The van der Waals surface area contributed by atoms with Gasteiger partial charge in [0.05, 0.1) is 18.8 Å². The van der Waals surface area contributed by atoms with Gasteiger partial charge in [-0.15, -0.1) is 0 Å². The molecule has 0 saturated carbocycles. The lowest BCUT2D eigenvalue weighted by atomic mass is 10.2. The van der Waals surface area contributed by atoms with Crippen LogP contribution in [0.4, 0.5) is 24.9 Å². The topological polar surface area (TPSA) is 84.5 Å². The van der Waals surface area contributed by atoms with Crippen molar-refractivity contribution in [3.8, 4) is 0 Å². The number of anilines is 2. The molecule has 112 valence electrons. The number of hydrogen-bond donors (Lipinski definition) is 2. The van der Waals surface area contributed by atoms with Crippen molar-refractivity contribution in [2.75, 3.05) is 30.3 Å². The number of aliphatic hydroxyl groups excluding tert-OH is 1. The smallest absolute Gasteiger partial charge is 0.394 e. The Kier molecular flexibility index (Phi) is 4.00. The molecule has 0 spiro atoms. The number of nitrogens with two attached hydrogens (primary N) is 1. The minimum atomic E-state index is -4.58. The van der Waals surface area contributed by atoms with Gasteiger partial charge in [-0.1, -0.05) is 0 Å². The number of morpholine rings is 1. The van der Waals surface area contributed by atoms with Gasteiger partial charge in [0.1, 0.15) is 5.82 Å². The van der Waals surface area contributed by atoms with Crippen molar-refractivity contribution in [3.63, 3.8) is 0 Å². The Morgan fingerprint density at radius 1 is 1.45 bits per heavy atom. The van der Waals surface area contributed by atoms with Crippen LogP contribution in [0.1, 0.15) is 12.6 Å². The number of halogens is 3. The van der Waals surface area contributed by atoms with Crippen LogP contribution in [-0.2, 0) is 10.9 Å². The number of hydrogen-bond acceptors (Lipinski definition) is 6. The standard InChI is InChI=1S/C11H15F3N4O2/c1-6-3-18(4-7(5-19)20-6)9-2-8(11(12,13)14)16-10(15)17-9/h2,6-7,19H,3-5H2,1H3,(H2,15,16,17). The predicted molar refractivity (Wildman–Crippen MR) is 65.1 cm³/mol. The molecule has 2 atom stereocenters. The summed E-state index contributed by atoms with van der Waals surface area (Å²) in [5.74, 6) is -0.354. The summed E-state index contributed by atoms with van der Waals surface area (Å²) in [6.07, 6.45) is -5.28. The van der Waals surface area contributed by atoms with Crippen LogP contribution in [0, 0.1) is 0 Å². The third-order valence-electron chi connectivity index (χ3n) is 2.87. The second-order valence-electron chi connectivity index (χ2n) is 4.62. The molecule has 9 heteroatoms. The summed E-state index contributed by atoms with van der Waals surface area (Å²) < 4.78 is 43.5. The van der Waals surface area contributed by atoms with E-state index in [1.54, 1.807) is 11.8 Å². The molecule has 1 aliphatic rings. The molecule has 2 rings (SSSR count). The van der Waals surface area contributed by atoms with E-state index in [1.807, 2.05) is 0 Å².